The Morgan fingerprint density at radius 2 is 2.24 bits per heavy atom. The van der Waals surface area contributed by atoms with E-state index in [0.29, 0.717) is 32.9 Å². The smallest absolute Gasteiger partial charge is 0.242 e. The van der Waals surface area contributed by atoms with Gasteiger partial charge < -0.3 is 19.7 Å². The van der Waals surface area contributed by atoms with Gasteiger partial charge in [0.2, 0.25) is 5.91 Å². The predicted octanol–water partition coefficient (Wildman–Crippen LogP) is 1.66. The lowest BCUT2D eigenvalue weighted by atomic mass is 10.2. The molecule has 0 bridgehead atoms. The molecule has 1 heterocycles. The summed E-state index contributed by atoms with van der Waals surface area (Å²) < 4.78 is 12.0. The first-order valence-electron chi connectivity index (χ1n) is 7.19. The number of nitrogens with zero attached hydrogens (tertiary/aromatic N) is 1. The van der Waals surface area contributed by atoms with Crippen LogP contribution in [0.1, 0.15) is 6.92 Å². The maximum Gasteiger partial charge on any atom is 0.242 e. The number of rotatable bonds is 6. The van der Waals surface area contributed by atoms with Gasteiger partial charge in [0, 0.05) is 17.6 Å². The van der Waals surface area contributed by atoms with Crippen LogP contribution in [0.15, 0.2) is 28.7 Å². The molecule has 1 fully saturated rings. The van der Waals surface area contributed by atoms with Crippen molar-refractivity contribution in [1.29, 1.82) is 0 Å². The Morgan fingerprint density at radius 1 is 1.48 bits per heavy atom. The molecule has 0 saturated carbocycles. The first-order chi connectivity index (χ1) is 10.2. The van der Waals surface area contributed by atoms with Crippen LogP contribution in [0.2, 0.25) is 0 Å². The average Bonchev–Trinajstić information content (AvgIpc) is 2.53. The lowest BCUT2D eigenvalue weighted by Gasteiger charge is -2.29. The van der Waals surface area contributed by atoms with Gasteiger partial charge in [0.15, 0.2) is 0 Å². The molecule has 1 aromatic rings. The van der Waals surface area contributed by atoms with Crippen molar-refractivity contribution in [3.63, 3.8) is 0 Å². The normalized spacial score (nSPS) is 18.3. The lowest BCUT2D eigenvalue weighted by molar-refractivity contribution is -0.136. The number of hydrogen-bond donors (Lipinski definition) is 1. The zero-order valence-electron chi connectivity index (χ0n) is 12.2. The number of ether oxygens (including phenoxy) is 2. The molecule has 116 valence electrons. The minimum Gasteiger partial charge on any atom is -0.492 e. The van der Waals surface area contributed by atoms with Crippen LogP contribution >= 0.6 is 15.9 Å². The summed E-state index contributed by atoms with van der Waals surface area (Å²) in [7, 11) is 0. The fourth-order valence-electron chi connectivity index (χ4n) is 2.17. The molecule has 0 aliphatic carbocycles. The standard InChI is InChI=1S/C15H21BrN2O3/c1-2-18(15(19)14-11-20-9-7-17-14)8-10-21-13-5-3-12(16)4-6-13/h3-6,14,17H,2,7-11H2,1H3. The Labute approximate surface area is 133 Å². The van der Waals surface area contributed by atoms with E-state index in [9.17, 15) is 4.79 Å². The molecule has 0 spiro atoms. The number of likely N-dealkylation sites (N-methyl/N-ethyl adjacent to an activating group) is 1. The van der Waals surface area contributed by atoms with Crippen LogP contribution in [-0.4, -0.2) is 56.3 Å². The highest BCUT2D eigenvalue weighted by Crippen LogP contribution is 2.16. The molecule has 1 aromatic carbocycles. The number of carbonyl (C=O) groups is 1. The maximum absolute atomic E-state index is 12.3. The van der Waals surface area contributed by atoms with Gasteiger partial charge in [-0.25, -0.2) is 0 Å². The third kappa shape index (κ3) is 4.98. The molecule has 0 radical (unpaired) electrons. The van der Waals surface area contributed by atoms with Crippen molar-refractivity contribution in [2.24, 2.45) is 0 Å². The molecule has 1 amide bonds. The second-order valence-corrected chi connectivity index (χ2v) is 5.72. The van der Waals surface area contributed by atoms with E-state index in [-0.39, 0.29) is 11.9 Å². The Kier molecular flexibility index (Phi) is 6.48. The number of carbonyl (C=O) groups excluding carboxylic acids is 1. The van der Waals surface area contributed by atoms with Crippen LogP contribution < -0.4 is 10.1 Å². The zero-order chi connectivity index (χ0) is 15.1. The Hall–Kier alpha value is -1.11. The van der Waals surface area contributed by atoms with E-state index in [2.05, 4.69) is 21.2 Å². The second kappa shape index (κ2) is 8.36. The molecular weight excluding hydrogens is 336 g/mol. The van der Waals surface area contributed by atoms with E-state index >= 15 is 0 Å². The van der Waals surface area contributed by atoms with Crippen molar-refractivity contribution < 1.29 is 14.3 Å². The maximum atomic E-state index is 12.3. The van der Waals surface area contributed by atoms with Crippen LogP contribution in [-0.2, 0) is 9.53 Å². The average molecular weight is 357 g/mol. The van der Waals surface area contributed by atoms with E-state index in [1.807, 2.05) is 31.2 Å². The van der Waals surface area contributed by atoms with Crippen LogP contribution in [0.4, 0.5) is 0 Å². The second-order valence-electron chi connectivity index (χ2n) is 4.80. The minimum absolute atomic E-state index is 0.0802. The van der Waals surface area contributed by atoms with Crippen LogP contribution in [0.25, 0.3) is 0 Å². The molecule has 1 N–H and O–H groups in total. The quantitative estimate of drug-likeness (QED) is 0.842. The molecule has 5 nitrogen and oxygen atoms in total. The number of hydrogen-bond acceptors (Lipinski definition) is 4. The van der Waals surface area contributed by atoms with Gasteiger partial charge in [0.25, 0.3) is 0 Å². The SMILES string of the molecule is CCN(CCOc1ccc(Br)cc1)C(=O)C1COCCN1. The number of amides is 1. The summed E-state index contributed by atoms with van der Waals surface area (Å²) in [6.07, 6.45) is 0. The Bertz CT molecular complexity index is 447. The molecule has 1 saturated heterocycles. The van der Waals surface area contributed by atoms with Gasteiger partial charge in [0.05, 0.1) is 19.8 Å². The van der Waals surface area contributed by atoms with Gasteiger partial charge in [-0.3, -0.25) is 4.79 Å². The molecule has 2 rings (SSSR count). The molecule has 0 aromatic heterocycles. The highest BCUT2D eigenvalue weighted by atomic mass is 79.9. The zero-order valence-corrected chi connectivity index (χ0v) is 13.8. The van der Waals surface area contributed by atoms with E-state index in [1.165, 1.54) is 0 Å². The van der Waals surface area contributed by atoms with Gasteiger partial charge >= 0.3 is 0 Å². The van der Waals surface area contributed by atoms with E-state index in [0.717, 1.165) is 16.8 Å². The van der Waals surface area contributed by atoms with Gasteiger partial charge in [-0.2, -0.15) is 0 Å². The fraction of sp³-hybridized carbons (Fsp3) is 0.533. The number of morpholine rings is 1. The molecule has 21 heavy (non-hydrogen) atoms. The Balaban J connectivity index is 1.78. The fourth-order valence-corrected chi connectivity index (χ4v) is 2.44. The topological polar surface area (TPSA) is 50.8 Å². The summed E-state index contributed by atoms with van der Waals surface area (Å²) in [5.41, 5.74) is 0. The van der Waals surface area contributed by atoms with Crippen molar-refractivity contribution in [3.8, 4) is 5.75 Å². The number of benzene rings is 1. The van der Waals surface area contributed by atoms with E-state index in [4.69, 9.17) is 9.47 Å². The van der Waals surface area contributed by atoms with E-state index < -0.39 is 0 Å². The largest absolute Gasteiger partial charge is 0.492 e. The monoisotopic (exact) mass is 356 g/mol. The summed E-state index contributed by atoms with van der Waals surface area (Å²) in [6, 6.07) is 7.44. The van der Waals surface area contributed by atoms with Crippen molar-refractivity contribution in [3.05, 3.63) is 28.7 Å². The van der Waals surface area contributed by atoms with Gasteiger partial charge in [-0.15, -0.1) is 0 Å². The van der Waals surface area contributed by atoms with Crippen molar-refractivity contribution in [1.82, 2.24) is 10.2 Å². The number of halogens is 1. The summed E-state index contributed by atoms with van der Waals surface area (Å²) in [6.45, 7) is 5.54. The van der Waals surface area contributed by atoms with Gasteiger partial charge in [-0.1, -0.05) is 15.9 Å². The minimum atomic E-state index is -0.230. The van der Waals surface area contributed by atoms with Crippen molar-refractivity contribution >= 4 is 21.8 Å². The highest BCUT2D eigenvalue weighted by Gasteiger charge is 2.25. The van der Waals surface area contributed by atoms with Crippen LogP contribution in [0, 0.1) is 0 Å². The summed E-state index contributed by atoms with van der Waals surface area (Å²) in [4.78, 5) is 14.1. The summed E-state index contributed by atoms with van der Waals surface area (Å²) >= 11 is 3.38. The van der Waals surface area contributed by atoms with Crippen molar-refractivity contribution in [2.75, 3.05) is 39.5 Å². The predicted molar refractivity (Wildman–Crippen MR) is 84.5 cm³/mol. The third-order valence-electron chi connectivity index (χ3n) is 3.36. The summed E-state index contributed by atoms with van der Waals surface area (Å²) in [5, 5.41) is 3.19. The molecule has 1 aliphatic heterocycles. The van der Waals surface area contributed by atoms with Crippen LogP contribution in [0.5, 0.6) is 5.75 Å². The lowest BCUT2D eigenvalue weighted by Crippen LogP contribution is -2.53. The molecule has 6 heteroatoms. The number of nitrogens with one attached hydrogen (secondary N) is 1. The molecule has 1 atom stereocenters. The van der Waals surface area contributed by atoms with E-state index in [1.54, 1.807) is 4.90 Å². The highest BCUT2D eigenvalue weighted by molar-refractivity contribution is 9.10. The van der Waals surface area contributed by atoms with Gasteiger partial charge in [0.1, 0.15) is 18.4 Å². The van der Waals surface area contributed by atoms with Crippen LogP contribution in [0.3, 0.4) is 0 Å². The van der Waals surface area contributed by atoms with Gasteiger partial charge in [-0.05, 0) is 31.2 Å². The Morgan fingerprint density at radius 3 is 2.86 bits per heavy atom. The summed E-state index contributed by atoms with van der Waals surface area (Å²) in [5.74, 6) is 0.887. The third-order valence-corrected chi connectivity index (χ3v) is 3.89. The van der Waals surface area contributed by atoms with Crippen molar-refractivity contribution in [2.45, 2.75) is 13.0 Å². The molecular formula is C15H21BrN2O3. The first kappa shape index (κ1) is 16.3. The first-order valence-corrected chi connectivity index (χ1v) is 7.98. The molecule has 1 aliphatic rings. The molecule has 1 unspecified atom stereocenters.